The summed E-state index contributed by atoms with van der Waals surface area (Å²) in [5.74, 6) is 8.41. The molecule has 0 bridgehead atoms. The van der Waals surface area contributed by atoms with Gasteiger partial charge in [0.05, 0.1) is 48.7 Å². The Morgan fingerprint density at radius 1 is 0.857 bits per heavy atom. The van der Waals surface area contributed by atoms with Crippen molar-refractivity contribution in [3.05, 3.63) is 71.4 Å². The average molecular weight is 760 g/mol. The predicted octanol–water partition coefficient (Wildman–Crippen LogP) is 6.76. The number of nitrogens with zero attached hydrogens (tertiary/aromatic N) is 4. The Labute approximate surface area is 328 Å². The summed E-state index contributed by atoms with van der Waals surface area (Å²) in [4.78, 5) is 60.4. The van der Waals surface area contributed by atoms with Gasteiger partial charge < -0.3 is 34.6 Å². The quantitative estimate of drug-likeness (QED) is 0.168. The first-order valence-corrected chi connectivity index (χ1v) is 20.1. The van der Waals surface area contributed by atoms with Gasteiger partial charge in [-0.3, -0.25) is 9.59 Å². The molecule has 2 aromatic carbocycles. The molecule has 2 spiro atoms. The van der Waals surface area contributed by atoms with Crippen molar-refractivity contribution in [2.24, 2.45) is 28.6 Å². The highest BCUT2D eigenvalue weighted by molar-refractivity contribution is 5.87. The zero-order valence-corrected chi connectivity index (χ0v) is 33.3. The molecule has 0 unspecified atom stereocenters. The Hall–Kier alpha value is -5.15. The summed E-state index contributed by atoms with van der Waals surface area (Å²) in [6.45, 7) is 12.7. The molecule has 3 saturated heterocycles. The van der Waals surface area contributed by atoms with Crippen molar-refractivity contribution < 1.29 is 23.9 Å². The van der Waals surface area contributed by atoms with Gasteiger partial charge in [-0.25, -0.2) is 14.8 Å². The third-order valence-corrected chi connectivity index (χ3v) is 12.8. The number of aromatic nitrogens is 4. The molecule has 2 aromatic heterocycles. The Balaban J connectivity index is 0.976. The highest BCUT2D eigenvalue weighted by Gasteiger charge is 2.55. The number of aromatic amines is 2. The van der Waals surface area contributed by atoms with E-state index in [-0.39, 0.29) is 46.6 Å². The van der Waals surface area contributed by atoms with Gasteiger partial charge in [-0.2, -0.15) is 0 Å². The maximum Gasteiger partial charge on any atom is 0.407 e. The minimum atomic E-state index is -0.729. The second-order valence-electron chi connectivity index (χ2n) is 17.4. The minimum Gasteiger partial charge on any atom is -0.453 e. The second kappa shape index (κ2) is 14.7. The number of carbonyl (C=O) groups is 3. The van der Waals surface area contributed by atoms with Gasteiger partial charge in [0.15, 0.2) is 0 Å². The molecular weight excluding hydrogens is 707 g/mol. The van der Waals surface area contributed by atoms with Gasteiger partial charge in [0, 0.05) is 42.2 Å². The van der Waals surface area contributed by atoms with E-state index in [4.69, 9.17) is 19.4 Å². The minimum absolute atomic E-state index is 0.0147. The summed E-state index contributed by atoms with van der Waals surface area (Å²) < 4.78 is 10.6. The Morgan fingerprint density at radius 2 is 1.54 bits per heavy atom. The fourth-order valence-electron chi connectivity index (χ4n) is 8.76. The number of alkyl carbamates (subject to hydrolysis) is 1. The number of imidazole rings is 2. The summed E-state index contributed by atoms with van der Waals surface area (Å²) in [6.07, 6.45) is 6.18. The van der Waals surface area contributed by atoms with Crippen LogP contribution in [0.3, 0.4) is 0 Å². The van der Waals surface area contributed by atoms with Crippen LogP contribution in [-0.4, -0.2) is 87.1 Å². The number of carbonyl (C=O) groups excluding carboxylic acids is 3. The molecule has 56 heavy (non-hydrogen) atoms. The molecule has 1 aliphatic carbocycles. The van der Waals surface area contributed by atoms with E-state index in [2.05, 4.69) is 45.9 Å². The number of fused-ring (bicyclic) bond motifs is 1. The Bertz CT molecular complexity index is 2180. The first-order chi connectivity index (χ1) is 26.9. The van der Waals surface area contributed by atoms with Gasteiger partial charge in [0.2, 0.25) is 11.8 Å². The van der Waals surface area contributed by atoms with Crippen molar-refractivity contribution in [3.8, 4) is 23.1 Å². The van der Waals surface area contributed by atoms with Crippen molar-refractivity contribution in [2.75, 3.05) is 33.4 Å². The number of methoxy groups -OCH3 is 1. The Kier molecular flexibility index (Phi) is 9.94. The van der Waals surface area contributed by atoms with Crippen LogP contribution in [0.4, 0.5) is 4.79 Å². The molecule has 5 heterocycles. The summed E-state index contributed by atoms with van der Waals surface area (Å²) >= 11 is 0. The molecule has 294 valence electrons. The van der Waals surface area contributed by atoms with E-state index in [1.807, 2.05) is 74.3 Å². The fraction of sp³-hybridized carbons (Fsp3) is 0.523. The average Bonchev–Trinajstić information content (AvgIpc) is 3.79. The third-order valence-electron chi connectivity index (χ3n) is 12.8. The molecule has 4 aliphatic rings. The van der Waals surface area contributed by atoms with Crippen molar-refractivity contribution in [1.82, 2.24) is 35.1 Å². The summed E-state index contributed by atoms with van der Waals surface area (Å²) in [6, 6.07) is 13.0. The van der Waals surface area contributed by atoms with Crippen LogP contribution >= 0.6 is 0 Å². The molecule has 8 rings (SSSR count). The highest BCUT2D eigenvalue weighted by Crippen LogP contribution is 2.58. The van der Waals surface area contributed by atoms with E-state index < -0.39 is 12.1 Å². The molecule has 12 nitrogen and oxygen atoms in total. The van der Waals surface area contributed by atoms with Gasteiger partial charge in [0.1, 0.15) is 17.7 Å². The standard InChI is InChI=1S/C44H53N7O5/c1-26(2)28(5)40(52)50-23-43(15-16-43)20-35(50)38-45-22-34(48-38)31-12-9-29(10-13-31)7-8-30-11-14-32-33(19-30)47-39(46-32)36-21-44(17-18-56-25-44)24-51(36)41(53)37(27(3)4)49-42(54)55-6/h9-14,19,22,26-28,35-37H,15-18,20-21,23-25H2,1-6H3,(H,45,48)(H,46,47)(H,49,54)/t28-,35-,36-,37-,44-/m0/s1. The topological polar surface area (TPSA) is 146 Å². The first-order valence-electron chi connectivity index (χ1n) is 20.1. The molecule has 4 aromatic rings. The molecule has 12 heteroatoms. The van der Waals surface area contributed by atoms with Gasteiger partial charge >= 0.3 is 6.09 Å². The van der Waals surface area contributed by atoms with Crippen LogP contribution in [0.25, 0.3) is 22.3 Å². The van der Waals surface area contributed by atoms with Crippen molar-refractivity contribution in [2.45, 2.75) is 84.8 Å². The van der Waals surface area contributed by atoms with Gasteiger partial charge in [0.25, 0.3) is 0 Å². The van der Waals surface area contributed by atoms with Crippen molar-refractivity contribution in [3.63, 3.8) is 0 Å². The van der Waals surface area contributed by atoms with Crippen LogP contribution in [0.5, 0.6) is 0 Å². The predicted molar refractivity (Wildman–Crippen MR) is 212 cm³/mol. The van der Waals surface area contributed by atoms with E-state index in [1.54, 1.807) is 0 Å². The largest absolute Gasteiger partial charge is 0.453 e. The van der Waals surface area contributed by atoms with E-state index in [1.165, 1.54) is 20.0 Å². The lowest BCUT2D eigenvalue weighted by atomic mass is 9.85. The molecule has 5 atom stereocenters. The van der Waals surface area contributed by atoms with Crippen LogP contribution in [0, 0.1) is 40.4 Å². The number of benzene rings is 2. The lowest BCUT2D eigenvalue weighted by Gasteiger charge is -2.30. The molecule has 1 saturated carbocycles. The molecule has 3 amide bonds. The number of likely N-dealkylation sites (tertiary alicyclic amines) is 2. The van der Waals surface area contributed by atoms with E-state index >= 15 is 0 Å². The number of ether oxygens (including phenoxy) is 2. The van der Waals surface area contributed by atoms with Gasteiger partial charge in [-0.1, -0.05) is 58.6 Å². The summed E-state index contributed by atoms with van der Waals surface area (Å²) in [5.41, 5.74) is 5.42. The number of hydrogen-bond acceptors (Lipinski definition) is 7. The van der Waals surface area contributed by atoms with Crippen molar-refractivity contribution >= 4 is 28.9 Å². The van der Waals surface area contributed by atoms with E-state index in [0.717, 1.165) is 65.0 Å². The molecule has 0 radical (unpaired) electrons. The lowest BCUT2D eigenvalue weighted by molar-refractivity contribution is -0.137. The maximum absolute atomic E-state index is 14.0. The van der Waals surface area contributed by atoms with Crippen LogP contribution in [-0.2, 0) is 19.1 Å². The second-order valence-corrected chi connectivity index (χ2v) is 17.4. The SMILES string of the molecule is COC(=O)N[C@H](C(=O)N1C[C@]2(CCOC2)C[C@H]1c1nc2ccc(C#Cc3ccc(-c4cnc([C@@H]5CC6(CC6)CN5C(=O)[C@@H](C)C(C)C)[nH]4)cc3)cc2[nH]1)C(C)C. The normalized spacial score (nSPS) is 23.6. The highest BCUT2D eigenvalue weighted by atomic mass is 16.5. The van der Waals surface area contributed by atoms with Crippen LogP contribution in [0.2, 0.25) is 0 Å². The summed E-state index contributed by atoms with van der Waals surface area (Å²) in [5, 5.41) is 2.75. The van der Waals surface area contributed by atoms with E-state index in [0.29, 0.717) is 31.5 Å². The van der Waals surface area contributed by atoms with Crippen molar-refractivity contribution in [1.29, 1.82) is 0 Å². The van der Waals surface area contributed by atoms with Crippen LogP contribution in [0.1, 0.15) is 102 Å². The smallest absolute Gasteiger partial charge is 0.407 e. The zero-order valence-electron chi connectivity index (χ0n) is 33.3. The lowest BCUT2D eigenvalue weighted by Crippen LogP contribution is -2.51. The number of hydrogen-bond donors (Lipinski definition) is 3. The molecule has 3 aliphatic heterocycles. The molecular formula is C44H53N7O5. The Morgan fingerprint density at radius 3 is 2.21 bits per heavy atom. The third kappa shape index (κ3) is 7.29. The van der Waals surface area contributed by atoms with E-state index in [9.17, 15) is 14.4 Å². The number of amides is 3. The monoisotopic (exact) mass is 759 g/mol. The fourth-order valence-corrected chi connectivity index (χ4v) is 8.76. The molecule has 3 N–H and O–H groups in total. The summed E-state index contributed by atoms with van der Waals surface area (Å²) in [7, 11) is 1.30. The first kappa shape index (κ1) is 37.8. The number of nitrogens with one attached hydrogen (secondary N) is 3. The molecule has 4 fully saturated rings. The maximum atomic E-state index is 14.0. The zero-order chi connectivity index (χ0) is 39.4. The van der Waals surface area contributed by atoms with Crippen LogP contribution < -0.4 is 5.32 Å². The van der Waals surface area contributed by atoms with Crippen LogP contribution in [0.15, 0.2) is 48.7 Å². The number of rotatable bonds is 8. The van der Waals surface area contributed by atoms with Gasteiger partial charge in [-0.15, -0.1) is 0 Å². The van der Waals surface area contributed by atoms with Gasteiger partial charge in [-0.05, 0) is 85.3 Å². The number of H-pyrrole nitrogens is 2.